The summed E-state index contributed by atoms with van der Waals surface area (Å²) in [5.74, 6) is -0.501. The lowest BCUT2D eigenvalue weighted by atomic mass is 9.94. The van der Waals surface area contributed by atoms with E-state index >= 15 is 0 Å². The number of hydrogen-bond acceptors (Lipinski definition) is 6. The maximum Gasteiger partial charge on any atom is 0.335 e. The van der Waals surface area contributed by atoms with Gasteiger partial charge in [0.15, 0.2) is 0 Å². The van der Waals surface area contributed by atoms with E-state index in [0.29, 0.717) is 30.3 Å². The van der Waals surface area contributed by atoms with Crippen LogP contribution in [0.3, 0.4) is 0 Å². The molecule has 9 heteroatoms. The molecule has 0 saturated carbocycles. The Morgan fingerprint density at radius 1 is 1.23 bits per heavy atom. The highest BCUT2D eigenvalue weighted by atomic mass is 16.4. The second kappa shape index (κ2) is 10.0. The number of anilines is 1. The van der Waals surface area contributed by atoms with Crippen LogP contribution in [0, 0.1) is 5.92 Å². The van der Waals surface area contributed by atoms with E-state index in [2.05, 4.69) is 9.97 Å². The van der Waals surface area contributed by atoms with Gasteiger partial charge in [-0.05, 0) is 62.1 Å². The third kappa shape index (κ3) is 5.36. The molecule has 0 spiro atoms. The number of likely N-dealkylation sites (tertiary alicyclic amines) is 1. The van der Waals surface area contributed by atoms with Crippen LogP contribution in [0.5, 0.6) is 0 Å². The Morgan fingerprint density at radius 3 is 2.71 bits per heavy atom. The van der Waals surface area contributed by atoms with Gasteiger partial charge >= 0.3 is 5.97 Å². The number of aromatic nitrogens is 2. The van der Waals surface area contributed by atoms with Gasteiger partial charge in [-0.15, -0.1) is 0 Å². The number of carboxylic acid groups (broad SMARTS) is 2. The fourth-order valence-electron chi connectivity index (χ4n) is 4.29. The summed E-state index contributed by atoms with van der Waals surface area (Å²) in [4.78, 5) is 43.1. The van der Waals surface area contributed by atoms with Gasteiger partial charge in [0, 0.05) is 24.3 Å². The third-order valence-electron chi connectivity index (χ3n) is 5.67. The van der Waals surface area contributed by atoms with Crippen molar-refractivity contribution in [1.29, 1.82) is 0 Å². The van der Waals surface area contributed by atoms with Crippen LogP contribution < -0.4 is 5.73 Å². The number of aromatic carboxylic acids is 1. The Balaban J connectivity index is 0.000000858. The van der Waals surface area contributed by atoms with Crippen LogP contribution in [0.25, 0.3) is 0 Å². The summed E-state index contributed by atoms with van der Waals surface area (Å²) in [6.45, 7) is 1.08. The molecule has 1 saturated heterocycles. The first-order valence-corrected chi connectivity index (χ1v) is 10.3. The molecule has 0 radical (unpaired) electrons. The number of carboxylic acids is 1. The number of nitrogens with two attached hydrogens (primary N) is 1. The van der Waals surface area contributed by atoms with E-state index in [0.717, 1.165) is 55.3 Å². The first-order chi connectivity index (χ1) is 14.9. The number of fused-ring (bicyclic) bond motifs is 1. The maximum absolute atomic E-state index is 13.1. The molecule has 1 amide bonds. The second-order valence-electron chi connectivity index (χ2n) is 7.78. The minimum absolute atomic E-state index is 0.0611. The number of benzene rings is 1. The lowest BCUT2D eigenvalue weighted by Crippen LogP contribution is -2.32. The highest BCUT2D eigenvalue weighted by Crippen LogP contribution is 2.27. The van der Waals surface area contributed by atoms with E-state index in [9.17, 15) is 9.59 Å². The molecule has 1 aromatic heterocycles. The highest BCUT2D eigenvalue weighted by Gasteiger charge is 2.31. The van der Waals surface area contributed by atoms with Crippen LogP contribution in [-0.4, -0.2) is 56.5 Å². The first-order valence-electron chi connectivity index (χ1n) is 10.3. The summed E-state index contributed by atoms with van der Waals surface area (Å²) in [6, 6.07) is 7.03. The van der Waals surface area contributed by atoms with Crippen molar-refractivity contribution in [3.05, 3.63) is 52.3 Å². The van der Waals surface area contributed by atoms with Gasteiger partial charge in [-0.25, -0.2) is 14.8 Å². The van der Waals surface area contributed by atoms with Crippen molar-refractivity contribution < 1.29 is 24.6 Å². The normalized spacial score (nSPS) is 17.3. The van der Waals surface area contributed by atoms with Gasteiger partial charge in [0.2, 0.25) is 5.95 Å². The number of carbonyl (C=O) groups excluding carboxylic acids is 1. The van der Waals surface area contributed by atoms with E-state index in [1.807, 2.05) is 11.0 Å². The van der Waals surface area contributed by atoms with E-state index in [1.165, 1.54) is 0 Å². The van der Waals surface area contributed by atoms with Gasteiger partial charge in [-0.3, -0.25) is 9.59 Å². The smallest absolute Gasteiger partial charge is 0.335 e. The number of nitrogen functional groups attached to an aromatic ring is 1. The number of hydrogen-bond donors (Lipinski definition) is 3. The summed E-state index contributed by atoms with van der Waals surface area (Å²) in [5, 5.41) is 16.0. The standard InChI is InChI=1S/C21H24N4O3.CH2O2/c22-21-23-17-7-2-1-6-16(17)18(24-21)19(26)25-9-8-14(12-25)10-13-4-3-5-15(11-13)20(27)28;2-1-3/h3-5,11,14H,1-2,6-10,12H2,(H,27,28)(H2,22,23,24);1H,(H,2,3). The van der Waals surface area contributed by atoms with Crippen molar-refractivity contribution in [3.8, 4) is 0 Å². The van der Waals surface area contributed by atoms with E-state index in [4.69, 9.17) is 20.7 Å². The van der Waals surface area contributed by atoms with Crippen molar-refractivity contribution in [1.82, 2.24) is 14.9 Å². The van der Waals surface area contributed by atoms with Crippen LogP contribution >= 0.6 is 0 Å². The average Bonchev–Trinajstić information content (AvgIpc) is 3.21. The Hall–Kier alpha value is -3.49. The predicted octanol–water partition coefficient (Wildman–Crippen LogP) is 2.04. The molecule has 31 heavy (non-hydrogen) atoms. The second-order valence-corrected chi connectivity index (χ2v) is 7.78. The Kier molecular flexibility index (Phi) is 7.17. The SMILES string of the molecule is Nc1nc2c(c(C(=O)N3CCC(Cc4cccc(C(=O)O)c4)C3)n1)CCCC2.O=CO. The van der Waals surface area contributed by atoms with Gasteiger partial charge in [-0.2, -0.15) is 0 Å². The zero-order chi connectivity index (χ0) is 22.4. The highest BCUT2D eigenvalue weighted by molar-refractivity contribution is 5.94. The zero-order valence-corrected chi connectivity index (χ0v) is 17.2. The van der Waals surface area contributed by atoms with Crippen LogP contribution in [0.1, 0.15) is 56.9 Å². The number of rotatable bonds is 4. The fraction of sp³-hybridized carbons (Fsp3) is 0.409. The maximum atomic E-state index is 13.1. The predicted molar refractivity (Wildman–Crippen MR) is 113 cm³/mol. The first kappa shape index (κ1) is 22.2. The number of carbonyl (C=O) groups is 3. The molecule has 1 aliphatic carbocycles. The monoisotopic (exact) mass is 426 g/mol. The lowest BCUT2D eigenvalue weighted by molar-refractivity contribution is -0.122. The van der Waals surface area contributed by atoms with Crippen LogP contribution in [0.2, 0.25) is 0 Å². The van der Waals surface area contributed by atoms with Gasteiger partial charge < -0.3 is 20.8 Å². The zero-order valence-electron chi connectivity index (χ0n) is 17.2. The quantitative estimate of drug-likeness (QED) is 0.629. The molecule has 1 unspecified atom stereocenters. The molecule has 1 atom stereocenters. The molecule has 1 aliphatic heterocycles. The Morgan fingerprint density at radius 2 is 1.97 bits per heavy atom. The fourth-order valence-corrected chi connectivity index (χ4v) is 4.29. The summed E-state index contributed by atoms with van der Waals surface area (Å²) in [5.41, 5.74) is 9.48. The van der Waals surface area contributed by atoms with Gasteiger partial charge in [-0.1, -0.05) is 12.1 Å². The molecular weight excluding hydrogens is 400 g/mol. The van der Waals surface area contributed by atoms with Crippen molar-refractivity contribution in [2.75, 3.05) is 18.8 Å². The largest absolute Gasteiger partial charge is 0.483 e. The molecular formula is C22H26N4O5. The molecule has 1 aromatic carbocycles. The lowest BCUT2D eigenvalue weighted by Gasteiger charge is -2.21. The summed E-state index contributed by atoms with van der Waals surface area (Å²) < 4.78 is 0. The van der Waals surface area contributed by atoms with Gasteiger partial charge in [0.25, 0.3) is 12.4 Å². The van der Waals surface area contributed by atoms with Crippen molar-refractivity contribution in [2.45, 2.75) is 38.5 Å². The van der Waals surface area contributed by atoms with Crippen molar-refractivity contribution in [3.63, 3.8) is 0 Å². The topological polar surface area (TPSA) is 147 Å². The molecule has 4 N–H and O–H groups in total. The Labute approximate surface area is 179 Å². The summed E-state index contributed by atoms with van der Waals surface area (Å²) in [6.07, 6.45) is 5.45. The molecule has 2 heterocycles. The van der Waals surface area contributed by atoms with E-state index < -0.39 is 5.97 Å². The van der Waals surface area contributed by atoms with Crippen LogP contribution in [-0.2, 0) is 24.1 Å². The molecule has 0 bridgehead atoms. The molecule has 164 valence electrons. The summed E-state index contributed by atoms with van der Waals surface area (Å²) >= 11 is 0. The molecule has 9 nitrogen and oxygen atoms in total. The van der Waals surface area contributed by atoms with E-state index in [-0.39, 0.29) is 18.3 Å². The third-order valence-corrected chi connectivity index (χ3v) is 5.67. The van der Waals surface area contributed by atoms with Crippen molar-refractivity contribution >= 4 is 24.3 Å². The molecule has 2 aliphatic rings. The van der Waals surface area contributed by atoms with Crippen molar-refractivity contribution in [2.24, 2.45) is 5.92 Å². The van der Waals surface area contributed by atoms with Crippen LogP contribution in [0.15, 0.2) is 24.3 Å². The average molecular weight is 426 g/mol. The number of amides is 1. The molecule has 4 rings (SSSR count). The van der Waals surface area contributed by atoms with E-state index in [1.54, 1.807) is 18.2 Å². The van der Waals surface area contributed by atoms with Crippen LogP contribution in [0.4, 0.5) is 5.95 Å². The Bertz CT molecular complexity index is 978. The molecule has 1 fully saturated rings. The minimum Gasteiger partial charge on any atom is -0.483 e. The number of aryl methyl sites for hydroxylation is 1. The van der Waals surface area contributed by atoms with Gasteiger partial charge in [0.1, 0.15) is 5.69 Å². The molecule has 2 aromatic rings. The van der Waals surface area contributed by atoms with Gasteiger partial charge in [0.05, 0.1) is 5.56 Å². The summed E-state index contributed by atoms with van der Waals surface area (Å²) in [7, 11) is 0. The minimum atomic E-state index is -0.920. The number of nitrogens with zero attached hydrogens (tertiary/aromatic N) is 3.